The number of phenols is 1. The lowest BCUT2D eigenvalue weighted by atomic mass is 9.68. The van der Waals surface area contributed by atoms with Crippen LogP contribution in [0.2, 0.25) is 0 Å². The van der Waals surface area contributed by atoms with Crippen LogP contribution in [-0.4, -0.2) is 29.1 Å². The lowest BCUT2D eigenvalue weighted by Crippen LogP contribution is -2.55. The van der Waals surface area contributed by atoms with Crippen LogP contribution < -0.4 is 15.4 Å². The summed E-state index contributed by atoms with van der Waals surface area (Å²) in [5.74, 6) is -0.713. The number of phenolic OH excluding ortho intramolecular Hbond substituents is 1. The van der Waals surface area contributed by atoms with E-state index in [2.05, 4.69) is 6.92 Å². The molecule has 0 saturated heterocycles. The number of nitrogens with two attached hydrogens (primary N) is 1. The van der Waals surface area contributed by atoms with E-state index in [0.717, 1.165) is 17.7 Å². The van der Waals surface area contributed by atoms with Crippen LogP contribution in [0, 0.1) is 0 Å². The van der Waals surface area contributed by atoms with Gasteiger partial charge in [0.2, 0.25) is 11.8 Å². The van der Waals surface area contributed by atoms with Gasteiger partial charge < -0.3 is 25.2 Å². The van der Waals surface area contributed by atoms with Crippen molar-refractivity contribution in [3.63, 3.8) is 0 Å². The zero-order chi connectivity index (χ0) is 23.0. The number of nitrogens with zero attached hydrogens (tertiary/aromatic N) is 1. The Morgan fingerprint density at radius 1 is 1.28 bits per heavy atom. The number of esters is 1. The number of carbonyl (C=O) groups is 2. The number of rotatable bonds is 2. The summed E-state index contributed by atoms with van der Waals surface area (Å²) >= 11 is 0. The van der Waals surface area contributed by atoms with Gasteiger partial charge in [-0.2, -0.15) is 0 Å². The van der Waals surface area contributed by atoms with Gasteiger partial charge in [0, 0.05) is 22.7 Å². The van der Waals surface area contributed by atoms with E-state index in [1.54, 1.807) is 13.0 Å². The van der Waals surface area contributed by atoms with Crippen molar-refractivity contribution in [1.82, 2.24) is 0 Å². The molecule has 0 fully saturated rings. The quantitative estimate of drug-likeness (QED) is 0.702. The van der Waals surface area contributed by atoms with E-state index >= 15 is 0 Å². The largest absolute Gasteiger partial charge is 0.508 e. The van der Waals surface area contributed by atoms with Crippen molar-refractivity contribution < 1.29 is 24.2 Å². The zero-order valence-corrected chi connectivity index (χ0v) is 18.6. The molecule has 3 N–H and O–H groups in total. The molecule has 3 heterocycles. The van der Waals surface area contributed by atoms with Crippen molar-refractivity contribution >= 4 is 17.6 Å². The van der Waals surface area contributed by atoms with Crippen LogP contribution in [0.25, 0.3) is 0 Å². The van der Waals surface area contributed by atoms with Crippen molar-refractivity contribution in [2.45, 2.75) is 51.0 Å². The zero-order valence-electron chi connectivity index (χ0n) is 18.6. The Morgan fingerprint density at radius 2 is 2.03 bits per heavy atom. The fourth-order valence-corrected chi connectivity index (χ4v) is 5.78. The fourth-order valence-electron chi connectivity index (χ4n) is 5.78. The summed E-state index contributed by atoms with van der Waals surface area (Å²) < 4.78 is 11.1. The topological polar surface area (TPSA) is 102 Å². The highest BCUT2D eigenvalue weighted by atomic mass is 16.5. The van der Waals surface area contributed by atoms with E-state index in [9.17, 15) is 14.7 Å². The van der Waals surface area contributed by atoms with Gasteiger partial charge in [0.15, 0.2) is 0 Å². The smallest absolute Gasteiger partial charge is 0.341 e. The monoisotopic (exact) mass is 434 g/mol. The molecule has 32 heavy (non-hydrogen) atoms. The first-order valence-corrected chi connectivity index (χ1v) is 10.8. The van der Waals surface area contributed by atoms with Gasteiger partial charge in [0.25, 0.3) is 0 Å². The first-order chi connectivity index (χ1) is 15.1. The van der Waals surface area contributed by atoms with Crippen LogP contribution in [0.5, 0.6) is 11.5 Å². The highest BCUT2D eigenvalue weighted by Crippen LogP contribution is 2.61. The van der Waals surface area contributed by atoms with Crippen LogP contribution >= 0.6 is 0 Å². The van der Waals surface area contributed by atoms with Gasteiger partial charge in [0.05, 0.1) is 12.3 Å². The molecule has 0 saturated carbocycles. The minimum absolute atomic E-state index is 0.0196. The van der Waals surface area contributed by atoms with E-state index in [4.69, 9.17) is 15.2 Å². The molecule has 0 aliphatic carbocycles. The second-order valence-corrected chi connectivity index (χ2v) is 9.29. The third-order valence-corrected chi connectivity index (χ3v) is 6.85. The summed E-state index contributed by atoms with van der Waals surface area (Å²) in [5, 5.41) is 10.1. The summed E-state index contributed by atoms with van der Waals surface area (Å²) in [6.07, 6.45) is 0.776. The standard InChI is InChI=1S/C25H26N2O5/c1-5-31-22(29)19-21(26)32-18-11-14(28)9-10-16(18)25(19)17-8-6-7-15-13(2)12-24(3,4)27(20(15)17)23(25)30/h6-11,13,28H,5,12,26H2,1-4H3/t13-,25-/m0/s1. The van der Waals surface area contributed by atoms with Gasteiger partial charge >= 0.3 is 5.97 Å². The number of carbonyl (C=O) groups excluding carboxylic acids is 2. The summed E-state index contributed by atoms with van der Waals surface area (Å²) in [6.45, 7) is 8.05. The maximum atomic E-state index is 14.5. The van der Waals surface area contributed by atoms with Gasteiger partial charge in [-0.1, -0.05) is 25.1 Å². The highest BCUT2D eigenvalue weighted by molar-refractivity contribution is 6.19. The molecule has 2 atom stereocenters. The molecular weight excluding hydrogens is 408 g/mol. The number of hydrogen-bond acceptors (Lipinski definition) is 6. The molecule has 2 aromatic carbocycles. The molecule has 5 rings (SSSR count). The Labute approximate surface area is 186 Å². The maximum absolute atomic E-state index is 14.5. The Bertz CT molecular complexity index is 1210. The number of para-hydroxylation sites is 1. The van der Waals surface area contributed by atoms with Gasteiger partial charge in [-0.15, -0.1) is 0 Å². The normalized spacial score (nSPS) is 24.8. The van der Waals surface area contributed by atoms with Crippen LogP contribution in [0.1, 0.15) is 56.7 Å². The Kier molecular flexibility index (Phi) is 4.16. The number of amides is 1. The summed E-state index contributed by atoms with van der Waals surface area (Å²) in [5.41, 5.74) is 7.28. The third-order valence-electron chi connectivity index (χ3n) is 6.85. The first-order valence-electron chi connectivity index (χ1n) is 10.8. The SMILES string of the molecule is CCOC(=O)C1=C(N)Oc2cc(O)ccc2[C@@]12C(=O)N1c3c(cccc32)[C@@H](C)CC1(C)C. The summed E-state index contributed by atoms with van der Waals surface area (Å²) in [6, 6.07) is 10.4. The summed E-state index contributed by atoms with van der Waals surface area (Å²) in [7, 11) is 0. The molecule has 0 radical (unpaired) electrons. The highest BCUT2D eigenvalue weighted by Gasteiger charge is 2.64. The van der Waals surface area contributed by atoms with Crippen LogP contribution in [-0.2, 0) is 19.7 Å². The minimum Gasteiger partial charge on any atom is -0.508 e. The van der Waals surface area contributed by atoms with Gasteiger partial charge in [-0.25, -0.2) is 4.79 Å². The van der Waals surface area contributed by atoms with Crippen molar-refractivity contribution in [3.8, 4) is 11.5 Å². The van der Waals surface area contributed by atoms with Gasteiger partial charge in [-0.3, -0.25) is 4.79 Å². The average molecular weight is 434 g/mol. The Balaban J connectivity index is 1.93. The van der Waals surface area contributed by atoms with Gasteiger partial charge in [-0.05, 0) is 50.8 Å². The molecule has 0 unspecified atom stereocenters. The maximum Gasteiger partial charge on any atom is 0.341 e. The Morgan fingerprint density at radius 3 is 2.75 bits per heavy atom. The van der Waals surface area contributed by atoms with E-state index in [-0.39, 0.29) is 41.4 Å². The molecule has 3 aliphatic rings. The van der Waals surface area contributed by atoms with Gasteiger partial charge in [0.1, 0.15) is 22.5 Å². The number of anilines is 1. The number of ether oxygens (including phenoxy) is 2. The number of fused-ring (bicyclic) bond motifs is 3. The van der Waals surface area contributed by atoms with Crippen molar-refractivity contribution in [3.05, 3.63) is 64.5 Å². The molecule has 7 nitrogen and oxygen atoms in total. The molecule has 2 aromatic rings. The van der Waals surface area contributed by atoms with Crippen molar-refractivity contribution in [1.29, 1.82) is 0 Å². The summed E-state index contributed by atoms with van der Waals surface area (Å²) in [4.78, 5) is 29.6. The number of hydrogen-bond donors (Lipinski definition) is 2. The second-order valence-electron chi connectivity index (χ2n) is 9.29. The van der Waals surface area contributed by atoms with Crippen LogP contribution in [0.15, 0.2) is 47.9 Å². The van der Waals surface area contributed by atoms with Crippen molar-refractivity contribution in [2.24, 2.45) is 5.73 Å². The van der Waals surface area contributed by atoms with Crippen LogP contribution in [0.4, 0.5) is 5.69 Å². The van der Waals surface area contributed by atoms with E-state index in [0.29, 0.717) is 11.1 Å². The number of aromatic hydroxyl groups is 1. The predicted molar refractivity (Wildman–Crippen MR) is 118 cm³/mol. The minimum atomic E-state index is -1.52. The molecule has 0 aromatic heterocycles. The molecule has 1 spiro atoms. The van der Waals surface area contributed by atoms with E-state index in [1.165, 1.54) is 12.1 Å². The number of benzene rings is 2. The second kappa shape index (κ2) is 6.51. The van der Waals surface area contributed by atoms with E-state index < -0.39 is 16.9 Å². The molecular formula is C25H26N2O5. The van der Waals surface area contributed by atoms with Crippen molar-refractivity contribution in [2.75, 3.05) is 11.5 Å². The lowest BCUT2D eigenvalue weighted by Gasteiger charge is -2.44. The third kappa shape index (κ3) is 2.36. The average Bonchev–Trinajstić information content (AvgIpc) is 2.96. The predicted octanol–water partition coefficient (Wildman–Crippen LogP) is 3.44. The molecule has 166 valence electrons. The van der Waals surface area contributed by atoms with Crippen LogP contribution in [0.3, 0.4) is 0 Å². The Hall–Kier alpha value is -3.48. The lowest BCUT2D eigenvalue weighted by molar-refractivity contribution is -0.141. The molecule has 7 heteroatoms. The molecule has 3 aliphatic heterocycles. The molecule has 1 amide bonds. The fraction of sp³-hybridized carbons (Fsp3) is 0.360. The van der Waals surface area contributed by atoms with E-state index in [1.807, 2.05) is 36.9 Å². The molecule has 0 bridgehead atoms. The first kappa shape index (κ1) is 20.4.